The zero-order valence-corrected chi connectivity index (χ0v) is 17.9. The van der Waals surface area contributed by atoms with Gasteiger partial charge in [-0.1, -0.05) is 35.6 Å². The summed E-state index contributed by atoms with van der Waals surface area (Å²) in [5.41, 5.74) is 0.893. The summed E-state index contributed by atoms with van der Waals surface area (Å²) >= 11 is 1.11. The first kappa shape index (κ1) is 20.5. The second-order valence-electron chi connectivity index (χ2n) is 6.58. The van der Waals surface area contributed by atoms with E-state index < -0.39 is 5.56 Å². The Morgan fingerprint density at radius 2 is 1.71 bits per heavy atom. The van der Waals surface area contributed by atoms with E-state index in [1.165, 1.54) is 11.6 Å². The van der Waals surface area contributed by atoms with Crippen molar-refractivity contribution in [3.8, 4) is 17.2 Å². The number of methoxy groups -OCH3 is 3. The number of hydrogen-bond acceptors (Lipinski definition) is 8. The van der Waals surface area contributed by atoms with Gasteiger partial charge in [0.05, 0.1) is 25.9 Å². The SMILES string of the molecule is COc1ccccc1C=c1sc2nc(=O)c(Cc3ccc(OC)c(OC)c3)nn2c1=O. The van der Waals surface area contributed by atoms with Gasteiger partial charge in [-0.25, -0.2) is 0 Å². The molecule has 2 aromatic heterocycles. The maximum Gasteiger partial charge on any atom is 0.296 e. The summed E-state index contributed by atoms with van der Waals surface area (Å²) in [6, 6.07) is 12.7. The minimum Gasteiger partial charge on any atom is -0.496 e. The molecular weight excluding hydrogens is 418 g/mol. The molecule has 0 unspecified atom stereocenters. The van der Waals surface area contributed by atoms with Crippen molar-refractivity contribution in [1.29, 1.82) is 0 Å². The van der Waals surface area contributed by atoms with Gasteiger partial charge in [0.25, 0.3) is 11.1 Å². The van der Waals surface area contributed by atoms with Crippen LogP contribution in [0.4, 0.5) is 0 Å². The first-order valence-electron chi connectivity index (χ1n) is 9.32. The molecule has 0 aliphatic rings. The summed E-state index contributed by atoms with van der Waals surface area (Å²) in [5, 5.41) is 4.29. The van der Waals surface area contributed by atoms with E-state index in [0.717, 1.165) is 22.5 Å². The molecule has 0 spiro atoms. The smallest absolute Gasteiger partial charge is 0.296 e. The number of para-hydroxylation sites is 1. The van der Waals surface area contributed by atoms with Crippen LogP contribution in [0.3, 0.4) is 0 Å². The number of rotatable bonds is 6. The predicted molar refractivity (Wildman–Crippen MR) is 118 cm³/mol. The van der Waals surface area contributed by atoms with Crippen molar-refractivity contribution in [1.82, 2.24) is 14.6 Å². The number of hydrogen-bond donors (Lipinski definition) is 0. The summed E-state index contributed by atoms with van der Waals surface area (Å²) in [7, 11) is 4.66. The van der Waals surface area contributed by atoms with Crippen molar-refractivity contribution in [2.75, 3.05) is 21.3 Å². The van der Waals surface area contributed by atoms with Crippen LogP contribution < -0.4 is 29.9 Å². The molecule has 0 radical (unpaired) electrons. The van der Waals surface area contributed by atoms with Crippen LogP contribution in [0, 0.1) is 0 Å². The van der Waals surface area contributed by atoms with Gasteiger partial charge in [-0.3, -0.25) is 9.59 Å². The van der Waals surface area contributed by atoms with Gasteiger partial charge in [-0.05, 0) is 29.8 Å². The number of benzene rings is 2. The Labute approximate surface area is 181 Å². The average Bonchev–Trinajstić information content (AvgIpc) is 3.08. The first-order valence-corrected chi connectivity index (χ1v) is 10.1. The highest BCUT2D eigenvalue weighted by Crippen LogP contribution is 2.28. The van der Waals surface area contributed by atoms with E-state index in [9.17, 15) is 9.59 Å². The van der Waals surface area contributed by atoms with E-state index >= 15 is 0 Å². The van der Waals surface area contributed by atoms with Gasteiger partial charge in [-0.15, -0.1) is 0 Å². The van der Waals surface area contributed by atoms with Crippen molar-refractivity contribution in [3.05, 3.63) is 84.5 Å². The average molecular weight is 437 g/mol. The van der Waals surface area contributed by atoms with E-state index in [4.69, 9.17) is 14.2 Å². The quantitative estimate of drug-likeness (QED) is 0.453. The van der Waals surface area contributed by atoms with Gasteiger partial charge in [0.2, 0.25) is 4.96 Å². The molecule has 8 nitrogen and oxygen atoms in total. The Hall–Kier alpha value is -3.72. The zero-order valence-electron chi connectivity index (χ0n) is 17.1. The largest absolute Gasteiger partial charge is 0.496 e. The van der Waals surface area contributed by atoms with Crippen LogP contribution in [-0.2, 0) is 6.42 Å². The molecule has 2 heterocycles. The molecule has 0 bridgehead atoms. The molecule has 4 rings (SSSR count). The van der Waals surface area contributed by atoms with E-state index in [0.29, 0.717) is 21.8 Å². The van der Waals surface area contributed by atoms with E-state index in [1.54, 1.807) is 32.4 Å². The highest BCUT2D eigenvalue weighted by molar-refractivity contribution is 7.15. The van der Waals surface area contributed by atoms with Gasteiger partial charge in [0.15, 0.2) is 11.5 Å². The normalized spacial score (nSPS) is 11.6. The summed E-state index contributed by atoms with van der Waals surface area (Å²) < 4.78 is 17.5. The van der Waals surface area contributed by atoms with Gasteiger partial charge in [0, 0.05) is 12.0 Å². The predicted octanol–water partition coefficient (Wildman–Crippen LogP) is 1.68. The maximum atomic E-state index is 12.9. The molecule has 4 aromatic rings. The lowest BCUT2D eigenvalue weighted by Crippen LogP contribution is -2.28. The number of nitrogens with zero attached hydrogens (tertiary/aromatic N) is 3. The van der Waals surface area contributed by atoms with Gasteiger partial charge < -0.3 is 14.2 Å². The second kappa shape index (κ2) is 8.57. The van der Waals surface area contributed by atoms with Gasteiger partial charge >= 0.3 is 0 Å². The van der Waals surface area contributed by atoms with Crippen molar-refractivity contribution in [2.45, 2.75) is 6.42 Å². The molecule has 31 heavy (non-hydrogen) atoms. The molecule has 0 fully saturated rings. The standard InChI is InChI=1S/C22H19N3O5S/c1-28-16-7-5-4-6-14(16)12-19-21(27)25-22(31-19)23-20(26)15(24-25)10-13-8-9-17(29-2)18(11-13)30-3/h4-9,11-12H,10H2,1-3H3. The summed E-state index contributed by atoms with van der Waals surface area (Å²) in [5.74, 6) is 1.77. The summed E-state index contributed by atoms with van der Waals surface area (Å²) in [6.45, 7) is 0. The molecule has 158 valence electrons. The molecule has 0 atom stereocenters. The van der Waals surface area contributed by atoms with Crippen LogP contribution in [0.5, 0.6) is 17.2 Å². The van der Waals surface area contributed by atoms with E-state index in [2.05, 4.69) is 10.1 Å². The first-order chi connectivity index (χ1) is 15.0. The third-order valence-corrected chi connectivity index (χ3v) is 5.65. The molecule has 0 amide bonds. The van der Waals surface area contributed by atoms with Crippen molar-refractivity contribution in [3.63, 3.8) is 0 Å². The number of aromatic nitrogens is 3. The lowest BCUT2D eigenvalue weighted by Gasteiger charge is -2.09. The van der Waals surface area contributed by atoms with Crippen molar-refractivity contribution >= 4 is 22.4 Å². The Morgan fingerprint density at radius 1 is 0.968 bits per heavy atom. The molecule has 2 aromatic carbocycles. The highest BCUT2D eigenvalue weighted by atomic mass is 32.1. The Bertz CT molecular complexity index is 1430. The molecule has 9 heteroatoms. The highest BCUT2D eigenvalue weighted by Gasteiger charge is 2.13. The van der Waals surface area contributed by atoms with Crippen LogP contribution in [-0.4, -0.2) is 35.9 Å². The monoisotopic (exact) mass is 437 g/mol. The minimum atomic E-state index is -0.472. The summed E-state index contributed by atoms with van der Waals surface area (Å²) in [4.78, 5) is 29.7. The molecule has 0 N–H and O–H groups in total. The van der Waals surface area contributed by atoms with Gasteiger partial charge in [0.1, 0.15) is 11.4 Å². The topological polar surface area (TPSA) is 92.0 Å². The number of thiazole rings is 1. The minimum absolute atomic E-state index is 0.170. The lowest BCUT2D eigenvalue weighted by atomic mass is 10.1. The van der Waals surface area contributed by atoms with Crippen LogP contribution in [0.15, 0.2) is 52.1 Å². The van der Waals surface area contributed by atoms with E-state index in [-0.39, 0.29) is 22.6 Å². The Morgan fingerprint density at radius 3 is 2.45 bits per heavy atom. The second-order valence-corrected chi connectivity index (χ2v) is 7.59. The zero-order chi connectivity index (χ0) is 22.0. The van der Waals surface area contributed by atoms with Crippen molar-refractivity contribution < 1.29 is 14.2 Å². The van der Waals surface area contributed by atoms with Gasteiger partial charge in [-0.2, -0.15) is 14.6 Å². The van der Waals surface area contributed by atoms with Crippen molar-refractivity contribution in [2.24, 2.45) is 0 Å². The molecule has 0 saturated carbocycles. The molecule has 0 aliphatic carbocycles. The maximum absolute atomic E-state index is 12.9. The molecule has 0 aliphatic heterocycles. The fourth-order valence-electron chi connectivity index (χ4n) is 3.16. The Balaban J connectivity index is 1.77. The van der Waals surface area contributed by atoms with Crippen LogP contribution in [0.2, 0.25) is 0 Å². The third kappa shape index (κ3) is 3.99. The number of ether oxygens (including phenoxy) is 3. The van der Waals surface area contributed by atoms with Crippen LogP contribution in [0.25, 0.3) is 11.0 Å². The van der Waals surface area contributed by atoms with Crippen LogP contribution >= 0.6 is 11.3 Å². The fourth-order valence-corrected chi connectivity index (χ4v) is 4.06. The Kier molecular flexibility index (Phi) is 5.68. The summed E-state index contributed by atoms with van der Waals surface area (Å²) in [6.07, 6.45) is 1.91. The molecule has 0 saturated heterocycles. The molecular formula is C22H19N3O5S. The fraction of sp³-hybridized carbons (Fsp3) is 0.182. The number of fused-ring (bicyclic) bond motifs is 1. The van der Waals surface area contributed by atoms with E-state index in [1.807, 2.05) is 30.3 Å². The lowest BCUT2D eigenvalue weighted by molar-refractivity contribution is 0.354. The third-order valence-electron chi connectivity index (χ3n) is 4.70. The van der Waals surface area contributed by atoms with Crippen LogP contribution in [0.1, 0.15) is 16.8 Å².